The summed E-state index contributed by atoms with van der Waals surface area (Å²) >= 11 is 0. The smallest absolute Gasteiger partial charge is 0.320 e. The molecule has 94 valence electrons. The van der Waals surface area contributed by atoms with E-state index in [4.69, 9.17) is 9.84 Å². The molecule has 1 aliphatic heterocycles. The van der Waals surface area contributed by atoms with Crippen LogP contribution >= 0.6 is 0 Å². The molecule has 0 radical (unpaired) electrons. The van der Waals surface area contributed by atoms with Crippen LogP contribution in [-0.4, -0.2) is 36.4 Å². The van der Waals surface area contributed by atoms with E-state index >= 15 is 0 Å². The normalized spacial score (nSPS) is 27.2. The molecule has 0 amide bonds. The van der Waals surface area contributed by atoms with E-state index < -0.39 is 12.0 Å². The second kappa shape index (κ2) is 6.21. The van der Waals surface area contributed by atoms with Gasteiger partial charge in [-0.05, 0) is 24.7 Å². The van der Waals surface area contributed by atoms with Gasteiger partial charge in [0.25, 0.3) is 0 Å². The van der Waals surface area contributed by atoms with Crippen molar-refractivity contribution in [2.45, 2.75) is 45.8 Å². The summed E-state index contributed by atoms with van der Waals surface area (Å²) in [6, 6.07) is -0.446. The van der Waals surface area contributed by atoms with Crippen molar-refractivity contribution in [2.24, 2.45) is 11.8 Å². The summed E-state index contributed by atoms with van der Waals surface area (Å²) < 4.78 is 5.58. The van der Waals surface area contributed by atoms with E-state index in [2.05, 4.69) is 12.2 Å². The first-order chi connectivity index (χ1) is 7.56. The predicted octanol–water partition coefficient (Wildman–Crippen LogP) is 1.50. The highest BCUT2D eigenvalue weighted by Gasteiger charge is 2.29. The van der Waals surface area contributed by atoms with Crippen LogP contribution in [0.1, 0.15) is 33.6 Å². The van der Waals surface area contributed by atoms with Gasteiger partial charge in [-0.15, -0.1) is 0 Å². The number of hydrogen-bond donors (Lipinski definition) is 2. The number of carbonyl (C=O) groups is 1. The van der Waals surface area contributed by atoms with Gasteiger partial charge in [-0.2, -0.15) is 0 Å². The van der Waals surface area contributed by atoms with E-state index in [9.17, 15) is 4.79 Å². The van der Waals surface area contributed by atoms with E-state index in [1.54, 1.807) is 0 Å². The lowest BCUT2D eigenvalue weighted by Gasteiger charge is -2.22. The van der Waals surface area contributed by atoms with Crippen molar-refractivity contribution in [3.8, 4) is 0 Å². The molecule has 3 unspecified atom stereocenters. The fraction of sp³-hybridized carbons (Fsp3) is 0.917. The Bertz CT molecular complexity index is 230. The summed E-state index contributed by atoms with van der Waals surface area (Å²) in [4.78, 5) is 11.0. The van der Waals surface area contributed by atoms with Crippen LogP contribution in [-0.2, 0) is 9.53 Å². The second-order valence-electron chi connectivity index (χ2n) is 4.83. The highest BCUT2D eigenvalue weighted by molar-refractivity contribution is 5.73. The predicted molar refractivity (Wildman–Crippen MR) is 62.4 cm³/mol. The summed E-state index contributed by atoms with van der Waals surface area (Å²) in [5.41, 5.74) is 0. The molecule has 0 aromatic carbocycles. The number of carboxylic acid groups (broad SMARTS) is 1. The van der Waals surface area contributed by atoms with Crippen molar-refractivity contribution in [1.82, 2.24) is 5.32 Å². The molecule has 0 aromatic rings. The third-order valence-electron chi connectivity index (χ3n) is 3.28. The Morgan fingerprint density at radius 1 is 1.56 bits per heavy atom. The van der Waals surface area contributed by atoms with Crippen molar-refractivity contribution in [2.75, 3.05) is 13.2 Å². The topological polar surface area (TPSA) is 58.6 Å². The first-order valence-electron chi connectivity index (χ1n) is 6.14. The molecule has 1 fully saturated rings. The zero-order valence-corrected chi connectivity index (χ0v) is 10.4. The van der Waals surface area contributed by atoms with Gasteiger partial charge in [-0.1, -0.05) is 20.8 Å². The van der Waals surface area contributed by atoms with Crippen molar-refractivity contribution in [1.29, 1.82) is 0 Å². The Hall–Kier alpha value is -0.610. The van der Waals surface area contributed by atoms with E-state index in [1.165, 1.54) is 0 Å². The number of rotatable bonds is 6. The number of nitrogens with one attached hydrogen (secondary N) is 1. The molecule has 1 aliphatic rings. The molecule has 3 atom stereocenters. The van der Waals surface area contributed by atoms with Crippen LogP contribution in [0, 0.1) is 11.8 Å². The lowest BCUT2D eigenvalue weighted by atomic mass is 9.98. The molecule has 0 spiro atoms. The van der Waals surface area contributed by atoms with Gasteiger partial charge in [0, 0.05) is 13.2 Å². The molecule has 2 N–H and O–H groups in total. The van der Waals surface area contributed by atoms with Crippen LogP contribution in [0.2, 0.25) is 0 Å². The fourth-order valence-electron chi connectivity index (χ4n) is 2.26. The van der Waals surface area contributed by atoms with Crippen LogP contribution in [0.15, 0.2) is 0 Å². The van der Waals surface area contributed by atoms with Crippen LogP contribution in [0.3, 0.4) is 0 Å². The number of carboxylic acids is 1. The SMILES string of the molecule is CCC1OCCC1CNC(C(=O)O)C(C)C. The second-order valence-corrected chi connectivity index (χ2v) is 4.83. The van der Waals surface area contributed by atoms with Gasteiger partial charge in [0.05, 0.1) is 6.10 Å². The molecule has 4 heteroatoms. The average Bonchev–Trinajstić information content (AvgIpc) is 2.64. The summed E-state index contributed by atoms with van der Waals surface area (Å²) in [6.45, 7) is 7.51. The molecule has 0 aromatic heterocycles. The molecule has 4 nitrogen and oxygen atoms in total. The van der Waals surface area contributed by atoms with Gasteiger partial charge in [-0.3, -0.25) is 4.79 Å². The zero-order chi connectivity index (χ0) is 12.1. The Morgan fingerprint density at radius 3 is 2.75 bits per heavy atom. The van der Waals surface area contributed by atoms with Crippen LogP contribution in [0.25, 0.3) is 0 Å². The van der Waals surface area contributed by atoms with E-state index in [0.717, 1.165) is 26.0 Å². The summed E-state index contributed by atoms with van der Waals surface area (Å²) in [6.07, 6.45) is 2.34. The largest absolute Gasteiger partial charge is 0.480 e. The quantitative estimate of drug-likeness (QED) is 0.724. The maximum atomic E-state index is 11.0. The standard InChI is InChI=1S/C12H23NO3/c1-4-10-9(5-6-16-10)7-13-11(8(2)3)12(14)15/h8-11,13H,4-7H2,1-3H3,(H,14,15). The maximum Gasteiger partial charge on any atom is 0.320 e. The zero-order valence-electron chi connectivity index (χ0n) is 10.4. The molecular weight excluding hydrogens is 206 g/mol. The van der Waals surface area contributed by atoms with Gasteiger partial charge in [0.2, 0.25) is 0 Å². The van der Waals surface area contributed by atoms with E-state index in [-0.39, 0.29) is 5.92 Å². The molecule has 1 rings (SSSR count). The molecule has 1 heterocycles. The van der Waals surface area contributed by atoms with Gasteiger partial charge in [0.15, 0.2) is 0 Å². The Balaban J connectivity index is 2.39. The van der Waals surface area contributed by atoms with Gasteiger partial charge in [0.1, 0.15) is 6.04 Å². The van der Waals surface area contributed by atoms with Crippen LogP contribution in [0.5, 0.6) is 0 Å². The number of hydrogen-bond acceptors (Lipinski definition) is 3. The number of aliphatic carboxylic acids is 1. The van der Waals surface area contributed by atoms with Gasteiger partial charge >= 0.3 is 5.97 Å². The number of ether oxygens (including phenoxy) is 1. The average molecular weight is 229 g/mol. The van der Waals surface area contributed by atoms with Gasteiger partial charge < -0.3 is 15.2 Å². The molecular formula is C12H23NO3. The van der Waals surface area contributed by atoms with Crippen molar-refractivity contribution in [3.05, 3.63) is 0 Å². The Labute approximate surface area is 97.4 Å². The van der Waals surface area contributed by atoms with Crippen molar-refractivity contribution >= 4 is 5.97 Å². The Kier molecular flexibility index (Phi) is 5.22. The van der Waals surface area contributed by atoms with E-state index in [1.807, 2.05) is 13.8 Å². The first kappa shape index (κ1) is 13.5. The monoisotopic (exact) mass is 229 g/mol. The third-order valence-corrected chi connectivity index (χ3v) is 3.28. The minimum Gasteiger partial charge on any atom is -0.480 e. The van der Waals surface area contributed by atoms with Crippen molar-refractivity contribution < 1.29 is 14.6 Å². The minimum atomic E-state index is -0.762. The molecule has 1 saturated heterocycles. The highest BCUT2D eigenvalue weighted by atomic mass is 16.5. The summed E-state index contributed by atoms with van der Waals surface area (Å²) in [5.74, 6) is -0.188. The maximum absolute atomic E-state index is 11.0. The highest BCUT2D eigenvalue weighted by Crippen LogP contribution is 2.22. The Morgan fingerprint density at radius 2 is 2.25 bits per heavy atom. The molecule has 16 heavy (non-hydrogen) atoms. The lowest BCUT2D eigenvalue weighted by molar-refractivity contribution is -0.140. The molecule has 0 aliphatic carbocycles. The fourth-order valence-corrected chi connectivity index (χ4v) is 2.26. The first-order valence-corrected chi connectivity index (χ1v) is 6.14. The molecule has 0 saturated carbocycles. The van der Waals surface area contributed by atoms with E-state index in [0.29, 0.717) is 12.0 Å². The third kappa shape index (κ3) is 3.46. The van der Waals surface area contributed by atoms with Crippen LogP contribution < -0.4 is 5.32 Å². The molecule has 0 bridgehead atoms. The summed E-state index contributed by atoms with van der Waals surface area (Å²) in [5, 5.41) is 12.2. The lowest BCUT2D eigenvalue weighted by Crippen LogP contribution is -2.44. The van der Waals surface area contributed by atoms with Crippen molar-refractivity contribution in [3.63, 3.8) is 0 Å². The summed E-state index contributed by atoms with van der Waals surface area (Å²) in [7, 11) is 0. The minimum absolute atomic E-state index is 0.111. The van der Waals surface area contributed by atoms with Gasteiger partial charge in [-0.25, -0.2) is 0 Å². The van der Waals surface area contributed by atoms with Crippen LogP contribution in [0.4, 0.5) is 0 Å².